The van der Waals surface area contributed by atoms with Gasteiger partial charge >= 0.3 is 0 Å². The number of rotatable bonds is 4. The number of nitrogens with zero attached hydrogens (tertiary/aromatic N) is 3. The van der Waals surface area contributed by atoms with Crippen LogP contribution in [-0.4, -0.2) is 45.6 Å². The summed E-state index contributed by atoms with van der Waals surface area (Å²) in [6, 6.07) is 1.47. The lowest BCUT2D eigenvalue weighted by atomic mass is 10.2. The maximum absolute atomic E-state index is 12.2. The molecule has 1 fully saturated rings. The van der Waals surface area contributed by atoms with Crippen molar-refractivity contribution in [3.8, 4) is 0 Å². The van der Waals surface area contributed by atoms with Crippen LogP contribution in [-0.2, 0) is 16.1 Å². The average molecular weight is 250 g/mol. The van der Waals surface area contributed by atoms with Gasteiger partial charge in [-0.25, -0.2) is 0 Å². The van der Waals surface area contributed by atoms with Gasteiger partial charge in [0.25, 0.3) is 0 Å². The minimum Gasteiger partial charge on any atom is -0.344 e. The number of carbonyl (C=O) groups is 2. The molecular weight excluding hydrogens is 232 g/mol. The molecular formula is C12H18N4O2. The van der Waals surface area contributed by atoms with Crippen LogP contribution in [0.2, 0.25) is 0 Å². The lowest BCUT2D eigenvalue weighted by molar-refractivity contribution is -0.133. The van der Waals surface area contributed by atoms with Gasteiger partial charge in [0, 0.05) is 31.9 Å². The van der Waals surface area contributed by atoms with E-state index in [1.165, 1.54) is 0 Å². The van der Waals surface area contributed by atoms with E-state index >= 15 is 0 Å². The molecule has 1 aliphatic rings. The highest BCUT2D eigenvalue weighted by Gasteiger charge is 2.28. The number of hydrogen-bond donors (Lipinski definition) is 1. The van der Waals surface area contributed by atoms with E-state index in [2.05, 4.69) is 10.4 Å². The molecule has 1 aromatic rings. The van der Waals surface area contributed by atoms with Crippen LogP contribution in [0.5, 0.6) is 0 Å². The van der Waals surface area contributed by atoms with Crippen molar-refractivity contribution < 1.29 is 9.59 Å². The van der Waals surface area contributed by atoms with Crippen molar-refractivity contribution >= 4 is 11.8 Å². The molecule has 2 amide bonds. The maximum Gasteiger partial charge on any atom is 0.245 e. The second-order valence-electron chi connectivity index (χ2n) is 4.37. The third kappa shape index (κ3) is 2.88. The van der Waals surface area contributed by atoms with Crippen LogP contribution in [0.25, 0.3) is 0 Å². The molecule has 1 atom stereocenters. The minimum atomic E-state index is -0.377. The lowest BCUT2D eigenvalue weighted by Crippen LogP contribution is -2.45. The van der Waals surface area contributed by atoms with E-state index in [0.29, 0.717) is 32.5 Å². The molecule has 0 aliphatic carbocycles. The van der Waals surface area contributed by atoms with E-state index in [-0.39, 0.29) is 17.9 Å². The van der Waals surface area contributed by atoms with Gasteiger partial charge in [-0.05, 0) is 12.5 Å². The summed E-state index contributed by atoms with van der Waals surface area (Å²) in [5, 5.41) is 6.85. The Morgan fingerprint density at radius 2 is 2.28 bits per heavy atom. The number of carbonyl (C=O) groups excluding carboxylic acids is 2. The lowest BCUT2D eigenvalue weighted by Gasteiger charge is -2.23. The van der Waals surface area contributed by atoms with Crippen molar-refractivity contribution in [2.24, 2.45) is 0 Å². The number of hydrogen-bond acceptors (Lipinski definition) is 3. The predicted octanol–water partition coefficient (Wildman–Crippen LogP) is 0.0102. The molecule has 18 heavy (non-hydrogen) atoms. The molecule has 2 heterocycles. The second-order valence-corrected chi connectivity index (χ2v) is 4.37. The van der Waals surface area contributed by atoms with Gasteiger partial charge in [0.15, 0.2) is 0 Å². The van der Waals surface area contributed by atoms with Crippen LogP contribution in [0.1, 0.15) is 19.8 Å². The molecule has 1 aliphatic heterocycles. The van der Waals surface area contributed by atoms with Crippen LogP contribution in [0.3, 0.4) is 0 Å². The Labute approximate surface area is 106 Å². The topological polar surface area (TPSA) is 67.2 Å². The zero-order valence-electron chi connectivity index (χ0n) is 10.5. The van der Waals surface area contributed by atoms with Gasteiger partial charge in [-0.15, -0.1) is 0 Å². The summed E-state index contributed by atoms with van der Waals surface area (Å²) in [7, 11) is 0. The van der Waals surface area contributed by atoms with Crippen LogP contribution in [0, 0.1) is 0 Å². The monoisotopic (exact) mass is 250 g/mol. The van der Waals surface area contributed by atoms with Crippen LogP contribution >= 0.6 is 0 Å². The van der Waals surface area contributed by atoms with E-state index in [0.717, 1.165) is 0 Å². The van der Waals surface area contributed by atoms with Gasteiger partial charge in [-0.3, -0.25) is 14.3 Å². The Kier molecular flexibility index (Phi) is 3.96. The first-order chi connectivity index (χ1) is 8.70. The highest BCUT2D eigenvalue weighted by molar-refractivity contribution is 5.89. The normalized spacial score (nSPS) is 20.7. The van der Waals surface area contributed by atoms with Crippen molar-refractivity contribution in [3.63, 3.8) is 0 Å². The van der Waals surface area contributed by atoms with Gasteiger partial charge in [0.05, 0.1) is 6.54 Å². The zero-order valence-corrected chi connectivity index (χ0v) is 10.5. The number of amides is 2. The molecule has 0 saturated carbocycles. The summed E-state index contributed by atoms with van der Waals surface area (Å²) in [4.78, 5) is 25.4. The summed E-state index contributed by atoms with van der Waals surface area (Å²) in [5.41, 5.74) is 0. The van der Waals surface area contributed by atoms with Crippen molar-refractivity contribution in [1.29, 1.82) is 0 Å². The van der Waals surface area contributed by atoms with Gasteiger partial charge in [0.2, 0.25) is 11.8 Å². The molecule has 0 bridgehead atoms. The third-order valence-corrected chi connectivity index (χ3v) is 3.12. The summed E-state index contributed by atoms with van der Waals surface area (Å²) >= 11 is 0. The van der Waals surface area contributed by atoms with Crippen molar-refractivity contribution in [1.82, 2.24) is 20.0 Å². The van der Waals surface area contributed by atoms with Crippen molar-refractivity contribution in [2.75, 3.05) is 13.1 Å². The maximum atomic E-state index is 12.2. The fourth-order valence-corrected chi connectivity index (χ4v) is 2.05. The highest BCUT2D eigenvalue weighted by atomic mass is 16.2. The molecule has 0 spiro atoms. The predicted molar refractivity (Wildman–Crippen MR) is 65.6 cm³/mol. The minimum absolute atomic E-state index is 0.00973. The standard InChI is InChI=1S/C12H18N4O2/c1-2-10-12(18)15(7-4-11(17)14-10)8-9-16-6-3-5-13-16/h3,5-6,10H,2,4,7-9H2,1H3,(H,14,17). The first-order valence-electron chi connectivity index (χ1n) is 6.26. The smallest absolute Gasteiger partial charge is 0.245 e. The van der Waals surface area contributed by atoms with Crippen LogP contribution in [0.15, 0.2) is 18.5 Å². The first-order valence-corrected chi connectivity index (χ1v) is 6.26. The largest absolute Gasteiger partial charge is 0.344 e. The first kappa shape index (κ1) is 12.6. The Hall–Kier alpha value is -1.85. The zero-order chi connectivity index (χ0) is 13.0. The Morgan fingerprint density at radius 3 is 2.94 bits per heavy atom. The Morgan fingerprint density at radius 1 is 1.44 bits per heavy atom. The Bertz CT molecular complexity index is 416. The summed E-state index contributed by atoms with van der Waals surface area (Å²) < 4.78 is 1.79. The molecule has 1 saturated heterocycles. The molecule has 6 nitrogen and oxygen atoms in total. The molecule has 98 valence electrons. The van der Waals surface area contributed by atoms with Gasteiger partial charge in [-0.2, -0.15) is 5.10 Å². The quantitative estimate of drug-likeness (QED) is 0.818. The summed E-state index contributed by atoms with van der Waals surface area (Å²) in [6.07, 6.45) is 4.58. The Balaban J connectivity index is 1.97. The summed E-state index contributed by atoms with van der Waals surface area (Å²) in [5.74, 6) is -0.0349. The SMILES string of the molecule is CCC1NC(=O)CCN(CCn2cccn2)C1=O. The van der Waals surface area contributed by atoms with Gasteiger partial charge < -0.3 is 10.2 Å². The van der Waals surface area contributed by atoms with E-state index in [1.807, 2.05) is 19.2 Å². The molecule has 1 unspecified atom stereocenters. The van der Waals surface area contributed by atoms with Crippen LogP contribution < -0.4 is 5.32 Å². The number of nitrogens with one attached hydrogen (secondary N) is 1. The van der Waals surface area contributed by atoms with Crippen LogP contribution in [0.4, 0.5) is 0 Å². The fourth-order valence-electron chi connectivity index (χ4n) is 2.05. The second kappa shape index (κ2) is 5.66. The number of aromatic nitrogens is 2. The molecule has 2 rings (SSSR count). The average Bonchev–Trinajstić information content (AvgIpc) is 2.83. The van der Waals surface area contributed by atoms with Gasteiger partial charge in [-0.1, -0.05) is 6.92 Å². The van der Waals surface area contributed by atoms with E-state index < -0.39 is 0 Å². The van der Waals surface area contributed by atoms with E-state index in [1.54, 1.807) is 15.8 Å². The molecule has 0 radical (unpaired) electrons. The van der Waals surface area contributed by atoms with Gasteiger partial charge in [0.1, 0.15) is 6.04 Å². The third-order valence-electron chi connectivity index (χ3n) is 3.12. The molecule has 0 aromatic carbocycles. The fraction of sp³-hybridized carbons (Fsp3) is 0.583. The molecule has 1 N–H and O–H groups in total. The summed E-state index contributed by atoms with van der Waals surface area (Å²) in [6.45, 7) is 3.64. The van der Waals surface area contributed by atoms with Crippen molar-refractivity contribution in [3.05, 3.63) is 18.5 Å². The van der Waals surface area contributed by atoms with E-state index in [9.17, 15) is 9.59 Å². The molecule has 6 heteroatoms. The molecule has 1 aromatic heterocycles. The van der Waals surface area contributed by atoms with E-state index in [4.69, 9.17) is 0 Å². The highest BCUT2D eigenvalue weighted by Crippen LogP contribution is 2.06. The van der Waals surface area contributed by atoms with Crippen molar-refractivity contribution in [2.45, 2.75) is 32.4 Å².